The number of para-hydroxylation sites is 2. The molecule has 0 radical (unpaired) electrons. The van der Waals surface area contributed by atoms with Crippen LogP contribution in [0.1, 0.15) is 49.1 Å². The summed E-state index contributed by atoms with van der Waals surface area (Å²) in [4.78, 5) is 32.5. The van der Waals surface area contributed by atoms with Crippen molar-refractivity contribution in [3.63, 3.8) is 0 Å². The van der Waals surface area contributed by atoms with Crippen molar-refractivity contribution in [1.82, 2.24) is 9.88 Å². The van der Waals surface area contributed by atoms with Crippen molar-refractivity contribution >= 4 is 39.8 Å². The molecule has 0 aliphatic carbocycles. The molecule has 4 aromatic carbocycles. The molecule has 0 saturated carbocycles. The minimum absolute atomic E-state index is 0.133. The first kappa shape index (κ1) is 27.7. The Balaban J connectivity index is 1.23. The second-order valence-electron chi connectivity index (χ2n) is 11.3. The number of ether oxygens (including phenoxy) is 3. The minimum Gasteiger partial charge on any atom is -0.454 e. The zero-order chi connectivity index (χ0) is 30.0. The third kappa shape index (κ3) is 5.63. The van der Waals surface area contributed by atoms with Gasteiger partial charge in [-0.05, 0) is 71.7 Å². The summed E-state index contributed by atoms with van der Waals surface area (Å²) in [5.41, 5.74) is 3.53. The summed E-state index contributed by atoms with van der Waals surface area (Å²) in [6.45, 7) is 2.60. The van der Waals surface area contributed by atoms with E-state index in [-0.39, 0.29) is 37.0 Å². The minimum atomic E-state index is -0.793. The van der Waals surface area contributed by atoms with Gasteiger partial charge in [0.25, 0.3) is 5.91 Å². The van der Waals surface area contributed by atoms with Crippen LogP contribution in [0.15, 0.2) is 95.4 Å². The number of aromatic nitrogens is 1. The van der Waals surface area contributed by atoms with Gasteiger partial charge in [0.05, 0.1) is 0 Å². The zero-order valence-electron chi connectivity index (χ0n) is 24.3. The average molecular weight is 589 g/mol. The summed E-state index contributed by atoms with van der Waals surface area (Å²) < 4.78 is 22.7. The van der Waals surface area contributed by atoms with Crippen LogP contribution in [-0.4, -0.2) is 40.7 Å². The number of hydrogen-bond donors (Lipinski definition) is 0. The van der Waals surface area contributed by atoms with Crippen LogP contribution in [0.3, 0.4) is 0 Å². The van der Waals surface area contributed by atoms with Crippen LogP contribution < -0.4 is 9.47 Å². The molecule has 8 nitrogen and oxygen atoms in total. The second-order valence-corrected chi connectivity index (χ2v) is 11.3. The van der Waals surface area contributed by atoms with Crippen LogP contribution in [0.2, 0.25) is 0 Å². The Labute approximate surface area is 254 Å². The molecule has 7 rings (SSSR count). The van der Waals surface area contributed by atoms with E-state index >= 15 is 0 Å². The highest BCUT2D eigenvalue weighted by Crippen LogP contribution is 2.38. The van der Waals surface area contributed by atoms with E-state index in [0.717, 1.165) is 33.0 Å². The Morgan fingerprint density at radius 3 is 2.64 bits per heavy atom. The van der Waals surface area contributed by atoms with E-state index in [0.29, 0.717) is 36.8 Å². The van der Waals surface area contributed by atoms with Crippen LogP contribution in [0.5, 0.6) is 11.5 Å². The maximum Gasteiger partial charge on any atom is 0.306 e. The maximum absolute atomic E-state index is 14.1. The summed E-state index contributed by atoms with van der Waals surface area (Å²) >= 11 is 0. The van der Waals surface area contributed by atoms with Crippen molar-refractivity contribution in [1.29, 1.82) is 0 Å². The SMILES string of the molecule is CC(C(C/C=C/c1nc2ccccc2o1)c1ccc2c(c1)OCO2)N(Cc1ccc2ccccc2c1)C(=O)C1CCC(=O)O1. The van der Waals surface area contributed by atoms with Gasteiger partial charge >= 0.3 is 5.97 Å². The molecule has 2 aliphatic heterocycles. The highest BCUT2D eigenvalue weighted by Gasteiger charge is 2.37. The first-order chi connectivity index (χ1) is 21.5. The smallest absolute Gasteiger partial charge is 0.306 e. The molecule has 44 heavy (non-hydrogen) atoms. The second kappa shape index (κ2) is 11.9. The number of allylic oxidation sites excluding steroid dienone is 1. The van der Waals surface area contributed by atoms with Crippen molar-refractivity contribution in [2.24, 2.45) is 0 Å². The monoisotopic (exact) mass is 588 g/mol. The Morgan fingerprint density at radius 1 is 0.977 bits per heavy atom. The number of rotatable bonds is 9. The highest BCUT2D eigenvalue weighted by atomic mass is 16.7. The number of oxazole rings is 1. The van der Waals surface area contributed by atoms with Gasteiger partial charge in [-0.1, -0.05) is 60.7 Å². The molecule has 8 heteroatoms. The molecule has 1 amide bonds. The van der Waals surface area contributed by atoms with Gasteiger partial charge in [-0.3, -0.25) is 9.59 Å². The first-order valence-electron chi connectivity index (χ1n) is 14.9. The fraction of sp³-hybridized carbons (Fsp3) is 0.250. The van der Waals surface area contributed by atoms with Gasteiger partial charge in [-0.15, -0.1) is 0 Å². The lowest BCUT2D eigenvalue weighted by Gasteiger charge is -2.36. The predicted molar refractivity (Wildman–Crippen MR) is 166 cm³/mol. The molecule has 3 atom stereocenters. The first-order valence-corrected chi connectivity index (χ1v) is 14.9. The fourth-order valence-corrected chi connectivity index (χ4v) is 6.09. The van der Waals surface area contributed by atoms with Gasteiger partial charge in [-0.2, -0.15) is 0 Å². The summed E-state index contributed by atoms with van der Waals surface area (Å²) in [7, 11) is 0. The molecule has 1 aromatic heterocycles. The number of hydrogen-bond acceptors (Lipinski definition) is 7. The van der Waals surface area contributed by atoms with E-state index in [4.69, 9.17) is 18.6 Å². The van der Waals surface area contributed by atoms with E-state index < -0.39 is 6.10 Å². The van der Waals surface area contributed by atoms with Gasteiger partial charge in [-0.25, -0.2) is 4.98 Å². The quantitative estimate of drug-likeness (QED) is 0.171. The van der Waals surface area contributed by atoms with Crippen LogP contribution >= 0.6 is 0 Å². The Hall–Kier alpha value is -5.11. The van der Waals surface area contributed by atoms with Crippen LogP contribution in [0, 0.1) is 0 Å². The van der Waals surface area contributed by atoms with Crippen molar-refractivity contribution in [3.8, 4) is 11.5 Å². The largest absolute Gasteiger partial charge is 0.454 e. The lowest BCUT2D eigenvalue weighted by Crippen LogP contribution is -2.46. The van der Waals surface area contributed by atoms with Crippen molar-refractivity contribution in [2.75, 3.05) is 6.79 Å². The lowest BCUT2D eigenvalue weighted by molar-refractivity contribution is -0.154. The number of esters is 1. The normalized spacial score (nSPS) is 17.3. The van der Waals surface area contributed by atoms with Gasteiger partial charge < -0.3 is 23.5 Å². The average Bonchev–Trinajstić information content (AvgIpc) is 3.80. The Morgan fingerprint density at radius 2 is 1.80 bits per heavy atom. The maximum atomic E-state index is 14.1. The van der Waals surface area contributed by atoms with Crippen LogP contribution in [-0.2, 0) is 20.9 Å². The summed E-state index contributed by atoms with van der Waals surface area (Å²) in [6.07, 6.45) is 4.33. The molecular weight excluding hydrogens is 556 g/mol. The van der Waals surface area contributed by atoms with Crippen molar-refractivity contribution in [2.45, 2.75) is 50.8 Å². The summed E-state index contributed by atoms with van der Waals surface area (Å²) in [6, 6.07) is 27.7. The number of fused-ring (bicyclic) bond motifs is 3. The fourth-order valence-electron chi connectivity index (χ4n) is 6.09. The molecule has 222 valence electrons. The predicted octanol–water partition coefficient (Wildman–Crippen LogP) is 7.02. The van der Waals surface area contributed by atoms with Gasteiger partial charge in [0.1, 0.15) is 5.52 Å². The van der Waals surface area contributed by atoms with E-state index in [9.17, 15) is 9.59 Å². The molecule has 1 fully saturated rings. The van der Waals surface area contributed by atoms with E-state index in [2.05, 4.69) is 42.2 Å². The van der Waals surface area contributed by atoms with E-state index in [1.165, 1.54) is 0 Å². The van der Waals surface area contributed by atoms with Crippen LogP contribution in [0.25, 0.3) is 27.9 Å². The van der Waals surface area contributed by atoms with E-state index in [1.54, 1.807) is 0 Å². The molecule has 3 heterocycles. The highest BCUT2D eigenvalue weighted by molar-refractivity contribution is 5.87. The third-order valence-corrected chi connectivity index (χ3v) is 8.47. The molecule has 0 bridgehead atoms. The topological polar surface area (TPSA) is 91.1 Å². The summed E-state index contributed by atoms with van der Waals surface area (Å²) in [5, 5.41) is 2.24. The van der Waals surface area contributed by atoms with Crippen molar-refractivity contribution < 1.29 is 28.2 Å². The Kier molecular flexibility index (Phi) is 7.48. The number of amides is 1. The van der Waals surface area contributed by atoms with Crippen LogP contribution in [0.4, 0.5) is 0 Å². The van der Waals surface area contributed by atoms with Crippen molar-refractivity contribution in [3.05, 3.63) is 108 Å². The number of carbonyl (C=O) groups excluding carboxylic acids is 2. The molecule has 1 saturated heterocycles. The number of nitrogens with zero attached hydrogens (tertiary/aromatic N) is 2. The molecule has 0 N–H and O–H groups in total. The summed E-state index contributed by atoms with van der Waals surface area (Å²) in [5.74, 6) is 1.24. The molecular formula is C36H32N2O6. The number of cyclic esters (lactones) is 1. The number of benzene rings is 4. The van der Waals surface area contributed by atoms with E-state index in [1.807, 2.05) is 71.6 Å². The molecule has 3 unspecified atom stereocenters. The standard InChI is InChI=1S/C36H32N2O6/c1-23(38(36(40)32-17-18-35(39)44-32)21-24-13-14-25-7-2-3-8-26(25)19-24)28(27-15-16-31-33(20-27)42-22-41-31)9-6-12-34-37-29-10-4-5-11-30(29)43-34/h2-8,10-16,19-20,23,28,32H,9,17-18,21-22H2,1H3/b12-6+. The van der Waals surface area contributed by atoms with Gasteiger partial charge in [0.15, 0.2) is 23.2 Å². The molecule has 5 aromatic rings. The third-order valence-electron chi connectivity index (χ3n) is 8.47. The van der Waals surface area contributed by atoms with Gasteiger partial charge in [0.2, 0.25) is 12.7 Å². The number of carbonyl (C=O) groups is 2. The molecule has 2 aliphatic rings. The lowest BCUT2D eigenvalue weighted by atomic mass is 9.87. The van der Waals surface area contributed by atoms with Gasteiger partial charge in [0, 0.05) is 31.3 Å². The zero-order valence-corrected chi connectivity index (χ0v) is 24.3. The Bertz CT molecular complexity index is 1840. The molecule has 0 spiro atoms.